The molecule has 30 heavy (non-hydrogen) atoms. The molecule has 0 saturated carbocycles. The van der Waals surface area contributed by atoms with Gasteiger partial charge >= 0.3 is 0 Å². The molecule has 0 bridgehead atoms. The molecule has 0 heterocycles. The zero-order valence-electron chi connectivity index (χ0n) is 18.0. The predicted octanol–water partition coefficient (Wildman–Crippen LogP) is 3.58. The SMILES string of the molecule is COc1cccc2c1CC(CN(C)CCCN(C)S(=O)(=O)c1ccc(F)cc1)CC2. The van der Waals surface area contributed by atoms with Gasteiger partial charge in [0.25, 0.3) is 0 Å². The number of halogens is 1. The van der Waals surface area contributed by atoms with Crippen LogP contribution in [0.4, 0.5) is 4.39 Å². The number of sulfonamides is 1. The van der Waals surface area contributed by atoms with Crippen molar-refractivity contribution in [3.8, 4) is 5.75 Å². The van der Waals surface area contributed by atoms with Crippen LogP contribution in [0.15, 0.2) is 47.4 Å². The first kappa shape index (κ1) is 22.7. The predicted molar refractivity (Wildman–Crippen MR) is 117 cm³/mol. The molecule has 1 aliphatic rings. The summed E-state index contributed by atoms with van der Waals surface area (Å²) in [7, 11) is 1.80. The number of fused-ring (bicyclic) bond motifs is 1. The number of rotatable bonds is 9. The third kappa shape index (κ3) is 5.39. The van der Waals surface area contributed by atoms with Crippen molar-refractivity contribution in [2.75, 3.05) is 40.8 Å². The number of aryl methyl sites for hydroxylation is 1. The maximum atomic E-state index is 13.1. The molecule has 3 rings (SSSR count). The van der Waals surface area contributed by atoms with Gasteiger partial charge < -0.3 is 9.64 Å². The number of methoxy groups -OCH3 is 1. The largest absolute Gasteiger partial charge is 0.496 e. The highest BCUT2D eigenvalue weighted by atomic mass is 32.2. The number of hydrogen-bond donors (Lipinski definition) is 0. The fraction of sp³-hybridized carbons (Fsp3) is 0.478. The van der Waals surface area contributed by atoms with Crippen molar-refractivity contribution >= 4 is 10.0 Å². The Morgan fingerprint density at radius 3 is 2.53 bits per heavy atom. The summed E-state index contributed by atoms with van der Waals surface area (Å²) in [6, 6.07) is 11.2. The Kier molecular flexibility index (Phi) is 7.50. The second-order valence-electron chi connectivity index (χ2n) is 8.10. The molecule has 0 amide bonds. The summed E-state index contributed by atoms with van der Waals surface area (Å²) in [4.78, 5) is 2.40. The molecule has 1 atom stereocenters. The maximum absolute atomic E-state index is 13.1. The fourth-order valence-electron chi connectivity index (χ4n) is 4.18. The zero-order chi connectivity index (χ0) is 21.7. The molecule has 0 aromatic heterocycles. The van der Waals surface area contributed by atoms with Crippen LogP contribution in [0.3, 0.4) is 0 Å². The van der Waals surface area contributed by atoms with Crippen LogP contribution in [0.1, 0.15) is 24.0 Å². The number of nitrogens with zero attached hydrogens (tertiary/aromatic N) is 2. The van der Waals surface area contributed by atoms with Crippen molar-refractivity contribution in [3.05, 3.63) is 59.4 Å². The zero-order valence-corrected chi connectivity index (χ0v) is 18.8. The van der Waals surface area contributed by atoms with Crippen molar-refractivity contribution in [1.82, 2.24) is 9.21 Å². The second-order valence-corrected chi connectivity index (χ2v) is 10.1. The van der Waals surface area contributed by atoms with Gasteiger partial charge in [-0.1, -0.05) is 12.1 Å². The first-order valence-electron chi connectivity index (χ1n) is 10.4. The molecule has 2 aromatic carbocycles. The summed E-state index contributed by atoms with van der Waals surface area (Å²) < 4.78 is 45.1. The lowest BCUT2D eigenvalue weighted by Gasteiger charge is -2.29. The second kappa shape index (κ2) is 9.90. The summed E-state index contributed by atoms with van der Waals surface area (Å²) in [5, 5.41) is 0. The summed E-state index contributed by atoms with van der Waals surface area (Å²) in [5.74, 6) is 1.10. The van der Waals surface area contributed by atoms with E-state index in [0.717, 1.165) is 44.5 Å². The van der Waals surface area contributed by atoms with Crippen LogP contribution in [-0.2, 0) is 22.9 Å². The molecule has 0 aliphatic heterocycles. The van der Waals surface area contributed by atoms with Gasteiger partial charge in [-0.15, -0.1) is 0 Å². The summed E-state index contributed by atoms with van der Waals surface area (Å²) >= 11 is 0. The van der Waals surface area contributed by atoms with Gasteiger partial charge in [0.2, 0.25) is 10.0 Å². The van der Waals surface area contributed by atoms with E-state index in [9.17, 15) is 12.8 Å². The van der Waals surface area contributed by atoms with Crippen LogP contribution in [0.25, 0.3) is 0 Å². The van der Waals surface area contributed by atoms with Gasteiger partial charge in [-0.25, -0.2) is 17.1 Å². The molecule has 0 saturated heterocycles. The third-order valence-electron chi connectivity index (χ3n) is 5.87. The minimum absolute atomic E-state index is 0.120. The molecule has 0 spiro atoms. The molecule has 7 heteroatoms. The van der Waals surface area contributed by atoms with Crippen LogP contribution in [-0.4, -0.2) is 58.5 Å². The minimum atomic E-state index is -3.59. The lowest BCUT2D eigenvalue weighted by atomic mass is 9.83. The van der Waals surface area contributed by atoms with E-state index in [1.54, 1.807) is 14.2 Å². The van der Waals surface area contributed by atoms with E-state index >= 15 is 0 Å². The molecule has 0 N–H and O–H groups in total. The maximum Gasteiger partial charge on any atom is 0.242 e. The van der Waals surface area contributed by atoms with Crippen molar-refractivity contribution in [2.24, 2.45) is 5.92 Å². The monoisotopic (exact) mass is 434 g/mol. The van der Waals surface area contributed by atoms with Gasteiger partial charge in [0.05, 0.1) is 12.0 Å². The highest BCUT2D eigenvalue weighted by Gasteiger charge is 2.23. The average Bonchev–Trinajstić information content (AvgIpc) is 2.73. The van der Waals surface area contributed by atoms with Gasteiger partial charge in [0.1, 0.15) is 11.6 Å². The number of hydrogen-bond acceptors (Lipinski definition) is 4. The van der Waals surface area contributed by atoms with Gasteiger partial charge in [-0.3, -0.25) is 0 Å². The van der Waals surface area contributed by atoms with E-state index in [1.807, 2.05) is 6.07 Å². The topological polar surface area (TPSA) is 49.9 Å². The lowest BCUT2D eigenvalue weighted by molar-refractivity contribution is 0.251. The highest BCUT2D eigenvalue weighted by molar-refractivity contribution is 7.89. The minimum Gasteiger partial charge on any atom is -0.496 e. The van der Waals surface area contributed by atoms with Gasteiger partial charge in [-0.2, -0.15) is 0 Å². The van der Waals surface area contributed by atoms with Crippen LogP contribution >= 0.6 is 0 Å². The summed E-state index contributed by atoms with van der Waals surface area (Å²) in [6.45, 7) is 2.22. The first-order chi connectivity index (χ1) is 14.3. The summed E-state index contributed by atoms with van der Waals surface area (Å²) in [6.07, 6.45) is 3.98. The highest BCUT2D eigenvalue weighted by Crippen LogP contribution is 2.32. The molecule has 1 aliphatic carbocycles. The van der Waals surface area contributed by atoms with Crippen LogP contribution in [0, 0.1) is 11.7 Å². The molecule has 1 unspecified atom stereocenters. The Hall–Kier alpha value is -1.96. The Morgan fingerprint density at radius 2 is 1.83 bits per heavy atom. The van der Waals surface area contributed by atoms with Gasteiger partial charge in [-0.05, 0) is 86.7 Å². The molecular formula is C23H31FN2O3S. The number of benzene rings is 2. The third-order valence-corrected chi connectivity index (χ3v) is 7.74. The van der Waals surface area contributed by atoms with Gasteiger partial charge in [0, 0.05) is 20.1 Å². The van der Waals surface area contributed by atoms with E-state index < -0.39 is 15.8 Å². The van der Waals surface area contributed by atoms with Crippen LogP contribution < -0.4 is 4.74 Å². The Balaban J connectivity index is 1.48. The van der Waals surface area contributed by atoms with E-state index in [4.69, 9.17) is 4.74 Å². The summed E-state index contributed by atoms with van der Waals surface area (Å²) in [5.41, 5.74) is 2.72. The van der Waals surface area contributed by atoms with Crippen molar-refractivity contribution in [1.29, 1.82) is 0 Å². The van der Waals surface area contributed by atoms with Gasteiger partial charge in [0.15, 0.2) is 0 Å². The standard InChI is InChI=1S/C23H31FN2O3S/c1-25(17-18-8-9-19-6-4-7-23(29-3)22(19)16-18)14-5-15-26(2)30(27,28)21-12-10-20(24)11-13-21/h4,6-7,10-13,18H,5,8-9,14-17H2,1-3H3. The van der Waals surface area contributed by atoms with E-state index in [-0.39, 0.29) is 4.90 Å². The molecular weight excluding hydrogens is 403 g/mol. The Labute approximate surface area is 179 Å². The Bertz CT molecular complexity index is 933. The van der Waals surface area contributed by atoms with Crippen LogP contribution in [0.5, 0.6) is 5.75 Å². The molecule has 5 nitrogen and oxygen atoms in total. The molecule has 2 aromatic rings. The van der Waals surface area contributed by atoms with Crippen molar-refractivity contribution < 1.29 is 17.5 Å². The van der Waals surface area contributed by atoms with E-state index in [1.165, 1.54) is 39.7 Å². The fourth-order valence-corrected chi connectivity index (χ4v) is 5.39. The van der Waals surface area contributed by atoms with E-state index in [0.29, 0.717) is 12.5 Å². The Morgan fingerprint density at radius 1 is 1.10 bits per heavy atom. The molecule has 0 fully saturated rings. The van der Waals surface area contributed by atoms with Crippen molar-refractivity contribution in [2.45, 2.75) is 30.6 Å². The first-order valence-corrected chi connectivity index (χ1v) is 11.8. The molecule has 0 radical (unpaired) electrons. The number of ether oxygens (including phenoxy) is 1. The quantitative estimate of drug-likeness (QED) is 0.605. The smallest absolute Gasteiger partial charge is 0.242 e. The normalized spacial score (nSPS) is 16.7. The van der Waals surface area contributed by atoms with Crippen LogP contribution in [0.2, 0.25) is 0 Å². The average molecular weight is 435 g/mol. The molecule has 164 valence electrons. The van der Waals surface area contributed by atoms with E-state index in [2.05, 4.69) is 24.1 Å². The van der Waals surface area contributed by atoms with Crippen molar-refractivity contribution in [3.63, 3.8) is 0 Å². The lowest BCUT2D eigenvalue weighted by Crippen LogP contribution is -2.33.